The molecule has 2 amide bonds. The molecule has 2 heterocycles. The van der Waals surface area contributed by atoms with Crippen LogP contribution in [-0.4, -0.2) is 22.0 Å². The van der Waals surface area contributed by atoms with Gasteiger partial charge in [0.15, 0.2) is 0 Å². The number of benzene rings is 2. The number of hydrogen-bond acceptors (Lipinski definition) is 5. The molecule has 8 heteroatoms. The van der Waals surface area contributed by atoms with E-state index in [2.05, 4.69) is 15.6 Å². The summed E-state index contributed by atoms with van der Waals surface area (Å²) < 4.78 is 0. The molecule has 1 unspecified atom stereocenters. The Kier molecular flexibility index (Phi) is 5.15. The first-order chi connectivity index (χ1) is 13.1. The van der Waals surface area contributed by atoms with Crippen molar-refractivity contribution in [1.82, 2.24) is 4.98 Å². The van der Waals surface area contributed by atoms with Gasteiger partial charge in [0.25, 0.3) is 0 Å². The number of hydrogen-bond donors (Lipinski definition) is 2. The van der Waals surface area contributed by atoms with Crippen molar-refractivity contribution in [3.8, 4) is 10.6 Å². The first-order valence-corrected chi connectivity index (χ1v) is 10.3. The first kappa shape index (κ1) is 18.0. The Morgan fingerprint density at radius 1 is 1.22 bits per heavy atom. The number of fused-ring (bicyclic) bond motifs is 1. The fraction of sp³-hybridized carbons (Fsp3) is 0.105. The number of halogens is 1. The summed E-state index contributed by atoms with van der Waals surface area (Å²) in [7, 11) is 0. The first-order valence-electron chi connectivity index (χ1n) is 8.15. The lowest BCUT2D eigenvalue weighted by Gasteiger charge is -2.23. The number of amides is 2. The number of thioether (sulfide) groups is 1. The van der Waals surface area contributed by atoms with Crippen molar-refractivity contribution in [2.75, 3.05) is 10.6 Å². The Morgan fingerprint density at radius 2 is 2.04 bits per heavy atom. The van der Waals surface area contributed by atoms with Crippen LogP contribution in [0.15, 0.2) is 58.9 Å². The number of nitrogens with zero attached hydrogens (tertiary/aromatic N) is 1. The van der Waals surface area contributed by atoms with Crippen LogP contribution in [0.2, 0.25) is 5.02 Å². The average molecular weight is 416 g/mol. The maximum atomic E-state index is 12.4. The number of aromatic nitrogens is 1. The van der Waals surface area contributed by atoms with Gasteiger partial charge in [-0.1, -0.05) is 11.6 Å². The predicted octanol–water partition coefficient (Wildman–Crippen LogP) is 4.91. The van der Waals surface area contributed by atoms with E-state index in [9.17, 15) is 9.59 Å². The van der Waals surface area contributed by atoms with Crippen molar-refractivity contribution in [3.05, 3.63) is 59.1 Å². The van der Waals surface area contributed by atoms with Crippen molar-refractivity contribution in [2.45, 2.75) is 16.6 Å². The van der Waals surface area contributed by atoms with Gasteiger partial charge in [-0.3, -0.25) is 9.59 Å². The molecule has 5 nitrogen and oxygen atoms in total. The molecule has 136 valence electrons. The molecule has 0 saturated heterocycles. The second kappa shape index (κ2) is 7.72. The van der Waals surface area contributed by atoms with Gasteiger partial charge in [0.05, 0.1) is 10.9 Å². The Labute approximate surface area is 169 Å². The van der Waals surface area contributed by atoms with Gasteiger partial charge < -0.3 is 10.6 Å². The van der Waals surface area contributed by atoms with E-state index in [1.165, 1.54) is 11.8 Å². The highest BCUT2D eigenvalue weighted by Crippen LogP contribution is 2.38. The molecule has 0 aliphatic carbocycles. The number of nitrogens with one attached hydrogen (secondary N) is 2. The van der Waals surface area contributed by atoms with Crippen molar-refractivity contribution in [2.24, 2.45) is 0 Å². The zero-order valence-corrected chi connectivity index (χ0v) is 16.3. The van der Waals surface area contributed by atoms with Gasteiger partial charge in [-0.05, 0) is 42.5 Å². The molecular weight excluding hydrogens is 402 g/mol. The zero-order valence-electron chi connectivity index (χ0n) is 13.9. The second-order valence-electron chi connectivity index (χ2n) is 5.90. The molecule has 2 aromatic carbocycles. The van der Waals surface area contributed by atoms with Crippen molar-refractivity contribution >= 4 is 57.9 Å². The summed E-state index contributed by atoms with van der Waals surface area (Å²) in [4.78, 5) is 29.8. The number of carbonyl (C=O) groups excluding carboxylic acids is 2. The molecule has 1 atom stereocenters. The van der Waals surface area contributed by atoms with Gasteiger partial charge >= 0.3 is 0 Å². The van der Waals surface area contributed by atoms with Crippen LogP contribution in [0.25, 0.3) is 10.6 Å². The van der Waals surface area contributed by atoms with Crippen LogP contribution in [0.1, 0.15) is 6.42 Å². The molecule has 3 aromatic rings. The van der Waals surface area contributed by atoms with Gasteiger partial charge in [-0.15, -0.1) is 23.1 Å². The Balaban J connectivity index is 1.39. The highest BCUT2D eigenvalue weighted by atomic mass is 35.5. The van der Waals surface area contributed by atoms with Gasteiger partial charge in [0.2, 0.25) is 11.8 Å². The fourth-order valence-electron chi connectivity index (χ4n) is 2.70. The normalized spacial score (nSPS) is 15.7. The number of anilines is 2. The standard InChI is InChI=1S/C19H14ClN3O2S2/c20-12-3-6-15-14(9-12)23-18(25)16(27-15)10-17(24)22-13-4-1-11(2-5-13)19-21-7-8-26-19/h1-9,16H,10H2,(H,22,24)(H,23,25). The van der Waals surface area contributed by atoms with E-state index in [1.54, 1.807) is 29.7 Å². The molecule has 1 aliphatic rings. The molecule has 2 N–H and O–H groups in total. The molecular formula is C19H14ClN3O2S2. The summed E-state index contributed by atoms with van der Waals surface area (Å²) >= 11 is 8.89. The maximum absolute atomic E-state index is 12.4. The summed E-state index contributed by atoms with van der Waals surface area (Å²) in [5, 5.41) is 8.59. The third kappa shape index (κ3) is 4.16. The van der Waals surface area contributed by atoms with Crippen LogP contribution in [0.5, 0.6) is 0 Å². The van der Waals surface area contributed by atoms with E-state index in [0.29, 0.717) is 16.4 Å². The molecule has 4 rings (SSSR count). The van der Waals surface area contributed by atoms with Gasteiger partial charge in [0.1, 0.15) is 5.01 Å². The summed E-state index contributed by atoms with van der Waals surface area (Å²) in [5.74, 6) is -0.397. The molecule has 0 spiro atoms. The fourth-order valence-corrected chi connectivity index (χ4v) is 4.61. The van der Waals surface area contributed by atoms with Gasteiger partial charge in [0, 0.05) is 39.2 Å². The van der Waals surface area contributed by atoms with Crippen LogP contribution in [0.3, 0.4) is 0 Å². The Bertz CT molecular complexity index is 991. The minimum absolute atomic E-state index is 0.0901. The minimum Gasteiger partial charge on any atom is -0.326 e. The molecule has 0 fully saturated rings. The third-order valence-corrected chi connectivity index (χ3v) is 6.31. The SMILES string of the molecule is O=C(CC1Sc2ccc(Cl)cc2NC1=O)Nc1ccc(-c2nccs2)cc1. The monoisotopic (exact) mass is 415 g/mol. The second-order valence-corrected chi connectivity index (χ2v) is 8.48. The summed E-state index contributed by atoms with van der Waals surface area (Å²) in [6, 6.07) is 12.8. The maximum Gasteiger partial charge on any atom is 0.238 e. The van der Waals surface area contributed by atoms with E-state index in [-0.39, 0.29) is 18.2 Å². The van der Waals surface area contributed by atoms with Crippen molar-refractivity contribution in [3.63, 3.8) is 0 Å². The van der Waals surface area contributed by atoms with Crippen LogP contribution in [0, 0.1) is 0 Å². The summed E-state index contributed by atoms with van der Waals surface area (Å²) in [6.07, 6.45) is 1.85. The highest BCUT2D eigenvalue weighted by Gasteiger charge is 2.29. The molecule has 0 saturated carbocycles. The Morgan fingerprint density at radius 3 is 2.78 bits per heavy atom. The van der Waals surface area contributed by atoms with Crippen LogP contribution in [-0.2, 0) is 9.59 Å². The number of carbonyl (C=O) groups is 2. The molecule has 0 radical (unpaired) electrons. The topological polar surface area (TPSA) is 71.1 Å². The highest BCUT2D eigenvalue weighted by molar-refractivity contribution is 8.01. The van der Waals surface area contributed by atoms with E-state index < -0.39 is 5.25 Å². The molecule has 27 heavy (non-hydrogen) atoms. The third-order valence-electron chi connectivity index (χ3n) is 3.98. The number of rotatable bonds is 4. The quantitative estimate of drug-likeness (QED) is 0.635. The number of thiazole rings is 1. The lowest BCUT2D eigenvalue weighted by molar-refractivity contribution is -0.120. The van der Waals surface area contributed by atoms with E-state index in [0.717, 1.165) is 15.5 Å². The average Bonchev–Trinajstić information content (AvgIpc) is 3.18. The summed E-state index contributed by atoms with van der Waals surface area (Å²) in [5.41, 5.74) is 2.38. The van der Waals surface area contributed by atoms with Crippen molar-refractivity contribution in [1.29, 1.82) is 0 Å². The molecule has 1 aromatic heterocycles. The van der Waals surface area contributed by atoms with Gasteiger partial charge in [-0.2, -0.15) is 0 Å². The largest absolute Gasteiger partial charge is 0.326 e. The zero-order chi connectivity index (χ0) is 18.8. The van der Waals surface area contributed by atoms with E-state index >= 15 is 0 Å². The van der Waals surface area contributed by atoms with Crippen LogP contribution >= 0.6 is 34.7 Å². The van der Waals surface area contributed by atoms with Crippen LogP contribution in [0.4, 0.5) is 11.4 Å². The smallest absolute Gasteiger partial charge is 0.238 e. The summed E-state index contributed by atoms with van der Waals surface area (Å²) in [6.45, 7) is 0. The molecule has 0 bridgehead atoms. The lowest BCUT2D eigenvalue weighted by atomic mass is 10.2. The lowest BCUT2D eigenvalue weighted by Crippen LogP contribution is -2.32. The van der Waals surface area contributed by atoms with E-state index in [1.807, 2.05) is 35.7 Å². The Hall–Kier alpha value is -2.35. The van der Waals surface area contributed by atoms with Crippen LogP contribution < -0.4 is 10.6 Å². The van der Waals surface area contributed by atoms with E-state index in [4.69, 9.17) is 11.6 Å². The van der Waals surface area contributed by atoms with Crippen molar-refractivity contribution < 1.29 is 9.59 Å². The molecule has 1 aliphatic heterocycles. The van der Waals surface area contributed by atoms with Gasteiger partial charge in [-0.25, -0.2) is 4.98 Å². The minimum atomic E-state index is -0.478. The predicted molar refractivity (Wildman–Crippen MR) is 111 cm³/mol.